The molecule has 1 aromatic carbocycles. The first-order chi connectivity index (χ1) is 9.81. The lowest BCUT2D eigenvalue weighted by atomic mass is 10.1. The quantitative estimate of drug-likeness (QED) is 0.738. The highest BCUT2D eigenvalue weighted by Gasteiger charge is 2.18. The van der Waals surface area contributed by atoms with Gasteiger partial charge in [-0.05, 0) is 25.3 Å². The van der Waals surface area contributed by atoms with Gasteiger partial charge in [-0.2, -0.15) is 0 Å². The average Bonchev–Trinajstić information content (AvgIpc) is 2.44. The standard InChI is InChI=1S/C16H25N3O2/c1-10(2)15(17)16(21)18-9-14(20)19-12(4)13-7-5-11(3)6-8-13/h5-8,10,12,15H,9,17H2,1-4H3,(H,18,21)(H,19,20)/t12?,15-/m0/s1. The lowest BCUT2D eigenvalue weighted by molar-refractivity contribution is -0.127. The Morgan fingerprint density at radius 3 is 2.24 bits per heavy atom. The predicted molar refractivity (Wildman–Crippen MR) is 83.6 cm³/mol. The van der Waals surface area contributed by atoms with Gasteiger partial charge in [-0.15, -0.1) is 0 Å². The Hall–Kier alpha value is -1.88. The first kappa shape index (κ1) is 17.2. The predicted octanol–water partition coefficient (Wildman–Crippen LogP) is 1.27. The van der Waals surface area contributed by atoms with E-state index in [1.807, 2.05) is 52.0 Å². The molecule has 0 saturated heterocycles. The number of hydrogen-bond acceptors (Lipinski definition) is 3. The Balaban J connectivity index is 2.43. The normalized spacial score (nSPS) is 13.6. The van der Waals surface area contributed by atoms with E-state index in [0.717, 1.165) is 5.56 Å². The highest BCUT2D eigenvalue weighted by Crippen LogP contribution is 2.12. The molecule has 1 rings (SSSR count). The maximum absolute atomic E-state index is 11.8. The van der Waals surface area contributed by atoms with Crippen molar-refractivity contribution in [2.45, 2.75) is 39.8 Å². The molecule has 0 heterocycles. The summed E-state index contributed by atoms with van der Waals surface area (Å²) in [4.78, 5) is 23.5. The zero-order valence-electron chi connectivity index (χ0n) is 13.1. The Kier molecular flexibility index (Phi) is 6.37. The lowest BCUT2D eigenvalue weighted by Gasteiger charge is -2.17. The third kappa shape index (κ3) is 5.55. The van der Waals surface area contributed by atoms with Crippen LogP contribution in [-0.2, 0) is 9.59 Å². The van der Waals surface area contributed by atoms with Gasteiger partial charge in [0.25, 0.3) is 0 Å². The van der Waals surface area contributed by atoms with Gasteiger partial charge in [0.15, 0.2) is 0 Å². The van der Waals surface area contributed by atoms with E-state index < -0.39 is 6.04 Å². The van der Waals surface area contributed by atoms with Crippen molar-refractivity contribution in [3.63, 3.8) is 0 Å². The van der Waals surface area contributed by atoms with Crippen LogP contribution in [0.3, 0.4) is 0 Å². The van der Waals surface area contributed by atoms with E-state index in [0.29, 0.717) is 0 Å². The van der Waals surface area contributed by atoms with Crippen molar-refractivity contribution in [2.24, 2.45) is 11.7 Å². The van der Waals surface area contributed by atoms with Crippen LogP contribution in [0, 0.1) is 12.8 Å². The molecule has 1 unspecified atom stereocenters. The van der Waals surface area contributed by atoms with Gasteiger partial charge in [0, 0.05) is 0 Å². The van der Waals surface area contributed by atoms with Gasteiger partial charge < -0.3 is 16.4 Å². The van der Waals surface area contributed by atoms with Gasteiger partial charge in [-0.25, -0.2) is 0 Å². The average molecular weight is 291 g/mol. The molecule has 4 N–H and O–H groups in total. The van der Waals surface area contributed by atoms with E-state index in [1.54, 1.807) is 0 Å². The summed E-state index contributed by atoms with van der Waals surface area (Å²) in [6.45, 7) is 7.59. The first-order valence-electron chi connectivity index (χ1n) is 7.20. The summed E-state index contributed by atoms with van der Waals surface area (Å²) in [5, 5.41) is 5.40. The van der Waals surface area contributed by atoms with Crippen molar-refractivity contribution >= 4 is 11.8 Å². The second-order valence-electron chi connectivity index (χ2n) is 5.69. The molecule has 0 radical (unpaired) electrons. The zero-order chi connectivity index (χ0) is 16.0. The fourth-order valence-electron chi connectivity index (χ4n) is 1.82. The summed E-state index contributed by atoms with van der Waals surface area (Å²) in [6.07, 6.45) is 0. The highest BCUT2D eigenvalue weighted by molar-refractivity contribution is 5.87. The topological polar surface area (TPSA) is 84.2 Å². The largest absolute Gasteiger partial charge is 0.348 e. The van der Waals surface area contributed by atoms with Crippen LogP contribution in [0.5, 0.6) is 0 Å². The molecule has 0 spiro atoms. The number of hydrogen-bond donors (Lipinski definition) is 3. The molecular weight excluding hydrogens is 266 g/mol. The molecule has 1 aromatic rings. The Bertz CT molecular complexity index is 483. The van der Waals surface area contributed by atoms with Crippen LogP contribution in [0.1, 0.15) is 37.9 Å². The fraction of sp³-hybridized carbons (Fsp3) is 0.500. The van der Waals surface area contributed by atoms with Gasteiger partial charge in [-0.1, -0.05) is 43.7 Å². The molecule has 5 nitrogen and oxygen atoms in total. The van der Waals surface area contributed by atoms with Gasteiger partial charge in [-0.3, -0.25) is 9.59 Å². The summed E-state index contributed by atoms with van der Waals surface area (Å²) in [7, 11) is 0. The molecular formula is C16H25N3O2. The van der Waals surface area contributed by atoms with Crippen LogP contribution in [0.2, 0.25) is 0 Å². The second-order valence-corrected chi connectivity index (χ2v) is 5.69. The summed E-state index contributed by atoms with van der Waals surface area (Å²) < 4.78 is 0. The van der Waals surface area contributed by atoms with Crippen LogP contribution >= 0.6 is 0 Å². The van der Waals surface area contributed by atoms with E-state index in [4.69, 9.17) is 5.73 Å². The van der Waals surface area contributed by atoms with E-state index in [2.05, 4.69) is 10.6 Å². The lowest BCUT2D eigenvalue weighted by Crippen LogP contribution is -2.47. The van der Waals surface area contributed by atoms with Crippen LogP contribution in [0.15, 0.2) is 24.3 Å². The van der Waals surface area contributed by atoms with E-state index in [1.165, 1.54) is 5.56 Å². The summed E-state index contributed by atoms with van der Waals surface area (Å²) in [6, 6.07) is 7.27. The minimum absolute atomic E-state index is 0.0412. The number of carbonyl (C=O) groups is 2. The van der Waals surface area contributed by atoms with Crippen LogP contribution < -0.4 is 16.4 Å². The minimum atomic E-state index is -0.590. The molecule has 0 aliphatic carbocycles. The number of nitrogens with two attached hydrogens (primary N) is 1. The number of amides is 2. The SMILES string of the molecule is Cc1ccc(C(C)NC(=O)CNC(=O)[C@@H](N)C(C)C)cc1. The van der Waals surface area contributed by atoms with Crippen LogP contribution in [-0.4, -0.2) is 24.4 Å². The summed E-state index contributed by atoms with van der Waals surface area (Å²) in [5.74, 6) is -0.491. The van der Waals surface area contributed by atoms with Gasteiger partial charge >= 0.3 is 0 Å². The maximum atomic E-state index is 11.8. The summed E-state index contributed by atoms with van der Waals surface area (Å²) >= 11 is 0. The molecule has 21 heavy (non-hydrogen) atoms. The molecule has 0 aromatic heterocycles. The highest BCUT2D eigenvalue weighted by atomic mass is 16.2. The second kappa shape index (κ2) is 7.78. The number of benzene rings is 1. The third-order valence-electron chi connectivity index (χ3n) is 3.40. The van der Waals surface area contributed by atoms with E-state index in [9.17, 15) is 9.59 Å². The van der Waals surface area contributed by atoms with Crippen LogP contribution in [0.25, 0.3) is 0 Å². The van der Waals surface area contributed by atoms with E-state index in [-0.39, 0.29) is 30.3 Å². The van der Waals surface area contributed by atoms with Crippen molar-refractivity contribution in [1.82, 2.24) is 10.6 Å². The maximum Gasteiger partial charge on any atom is 0.239 e. The number of aryl methyl sites for hydroxylation is 1. The smallest absolute Gasteiger partial charge is 0.239 e. The molecule has 2 amide bonds. The molecule has 0 saturated carbocycles. The molecule has 0 aliphatic heterocycles. The van der Waals surface area contributed by atoms with Gasteiger partial charge in [0.1, 0.15) is 0 Å². The summed E-state index contributed by atoms with van der Waals surface area (Å²) in [5.41, 5.74) is 7.91. The molecule has 0 bridgehead atoms. The van der Waals surface area contributed by atoms with Crippen molar-refractivity contribution in [3.05, 3.63) is 35.4 Å². The number of rotatable bonds is 6. The molecule has 116 valence electrons. The zero-order valence-corrected chi connectivity index (χ0v) is 13.1. The third-order valence-corrected chi connectivity index (χ3v) is 3.40. The Morgan fingerprint density at radius 2 is 1.71 bits per heavy atom. The monoisotopic (exact) mass is 291 g/mol. The fourth-order valence-corrected chi connectivity index (χ4v) is 1.82. The van der Waals surface area contributed by atoms with Crippen molar-refractivity contribution < 1.29 is 9.59 Å². The minimum Gasteiger partial charge on any atom is -0.348 e. The first-order valence-corrected chi connectivity index (χ1v) is 7.20. The van der Waals surface area contributed by atoms with E-state index >= 15 is 0 Å². The van der Waals surface area contributed by atoms with Crippen molar-refractivity contribution in [1.29, 1.82) is 0 Å². The Labute approximate surface area is 126 Å². The van der Waals surface area contributed by atoms with Gasteiger partial charge in [0.05, 0.1) is 18.6 Å². The number of carbonyl (C=O) groups excluding carboxylic acids is 2. The molecule has 2 atom stereocenters. The molecule has 0 fully saturated rings. The number of nitrogens with one attached hydrogen (secondary N) is 2. The molecule has 5 heteroatoms. The Morgan fingerprint density at radius 1 is 1.14 bits per heavy atom. The van der Waals surface area contributed by atoms with Crippen molar-refractivity contribution in [2.75, 3.05) is 6.54 Å². The molecule has 0 aliphatic rings. The van der Waals surface area contributed by atoms with Crippen LogP contribution in [0.4, 0.5) is 0 Å². The van der Waals surface area contributed by atoms with Crippen molar-refractivity contribution in [3.8, 4) is 0 Å². The van der Waals surface area contributed by atoms with Gasteiger partial charge in [0.2, 0.25) is 11.8 Å².